The lowest BCUT2D eigenvalue weighted by Crippen LogP contribution is -2.46. The molecule has 24 heavy (non-hydrogen) atoms. The first kappa shape index (κ1) is 16.3. The van der Waals surface area contributed by atoms with Crippen LogP contribution in [-0.4, -0.2) is 59.9 Å². The van der Waals surface area contributed by atoms with Gasteiger partial charge in [-0.25, -0.2) is 4.79 Å². The largest absolute Gasteiger partial charge is 0.463 e. The first-order valence-electron chi connectivity index (χ1n) is 9.12. The van der Waals surface area contributed by atoms with Crippen LogP contribution >= 0.6 is 0 Å². The van der Waals surface area contributed by atoms with Crippen LogP contribution in [0.25, 0.3) is 0 Å². The first-order chi connectivity index (χ1) is 11.3. The van der Waals surface area contributed by atoms with Crippen molar-refractivity contribution in [3.8, 4) is 0 Å². The highest BCUT2D eigenvalue weighted by Gasteiger charge is 2.56. The van der Waals surface area contributed by atoms with Crippen molar-refractivity contribution in [1.29, 1.82) is 0 Å². The average molecular weight is 337 g/mol. The summed E-state index contributed by atoms with van der Waals surface area (Å²) in [4.78, 5) is 27.6. The van der Waals surface area contributed by atoms with Gasteiger partial charge in [0.2, 0.25) is 0 Å². The molecule has 4 heterocycles. The number of rotatable bonds is 0. The van der Waals surface area contributed by atoms with Gasteiger partial charge in [-0.1, -0.05) is 6.92 Å². The quantitative estimate of drug-likeness (QED) is 0.625. The minimum atomic E-state index is -0.985. The Kier molecular flexibility index (Phi) is 3.69. The molecule has 4 rings (SSSR count). The maximum Gasteiger partial charge on any atom is 0.338 e. The molecule has 0 aromatic carbocycles. The molecule has 6 heteroatoms. The molecule has 134 valence electrons. The Morgan fingerprint density at radius 2 is 1.92 bits per heavy atom. The van der Waals surface area contributed by atoms with Crippen LogP contribution in [-0.2, 0) is 23.8 Å². The van der Waals surface area contributed by atoms with E-state index in [-0.39, 0.29) is 42.3 Å². The summed E-state index contributed by atoms with van der Waals surface area (Å²) in [5.41, 5.74) is -1.65. The minimum absolute atomic E-state index is 0.00290. The SMILES string of the molecule is C[C@H]1C[C@@]2(C)CC(=O)O[C@@H]3CCN4CC[C@H](COC(=O)[C@@]1(C)O2)[C@H]34. The van der Waals surface area contributed by atoms with E-state index < -0.39 is 11.2 Å². The number of esters is 2. The van der Waals surface area contributed by atoms with Gasteiger partial charge in [0, 0.05) is 12.5 Å². The third kappa shape index (κ3) is 2.46. The van der Waals surface area contributed by atoms with Crippen LogP contribution in [0.2, 0.25) is 0 Å². The molecule has 0 radical (unpaired) electrons. The number of ether oxygens (including phenoxy) is 3. The summed E-state index contributed by atoms with van der Waals surface area (Å²) in [6, 6.07) is 0.192. The molecule has 6 atom stereocenters. The van der Waals surface area contributed by atoms with Crippen LogP contribution in [0.4, 0.5) is 0 Å². The fourth-order valence-electron chi connectivity index (χ4n) is 5.21. The number of hydrogen-bond acceptors (Lipinski definition) is 6. The van der Waals surface area contributed by atoms with Crippen LogP contribution < -0.4 is 0 Å². The summed E-state index contributed by atoms with van der Waals surface area (Å²) >= 11 is 0. The summed E-state index contributed by atoms with van der Waals surface area (Å²) in [5.74, 6) is -0.260. The van der Waals surface area contributed by atoms with Gasteiger partial charge in [0.25, 0.3) is 0 Å². The predicted molar refractivity (Wildman–Crippen MR) is 85.2 cm³/mol. The molecule has 4 fully saturated rings. The molecule has 0 N–H and O–H groups in total. The zero-order valence-electron chi connectivity index (χ0n) is 14.7. The van der Waals surface area contributed by atoms with Gasteiger partial charge in [0.1, 0.15) is 6.10 Å². The number of carbonyl (C=O) groups excluding carboxylic acids is 2. The van der Waals surface area contributed by atoms with Gasteiger partial charge < -0.3 is 14.2 Å². The highest BCUT2D eigenvalue weighted by atomic mass is 16.6. The van der Waals surface area contributed by atoms with Gasteiger partial charge in [0.15, 0.2) is 5.60 Å². The molecule has 0 amide bonds. The molecule has 0 aromatic heterocycles. The van der Waals surface area contributed by atoms with Gasteiger partial charge in [-0.2, -0.15) is 0 Å². The van der Waals surface area contributed by atoms with E-state index in [1.807, 2.05) is 13.8 Å². The van der Waals surface area contributed by atoms with E-state index in [4.69, 9.17) is 14.2 Å². The van der Waals surface area contributed by atoms with E-state index in [2.05, 4.69) is 4.90 Å². The number of fused-ring (bicyclic) bond motifs is 2. The van der Waals surface area contributed by atoms with Crippen LogP contribution in [0.15, 0.2) is 0 Å². The maximum absolute atomic E-state index is 12.7. The van der Waals surface area contributed by atoms with Gasteiger partial charge in [-0.05, 0) is 45.6 Å². The van der Waals surface area contributed by atoms with E-state index in [0.717, 1.165) is 25.9 Å². The van der Waals surface area contributed by atoms with Gasteiger partial charge in [-0.15, -0.1) is 0 Å². The topological polar surface area (TPSA) is 65.1 Å². The Morgan fingerprint density at radius 3 is 2.71 bits per heavy atom. The highest BCUT2D eigenvalue weighted by molar-refractivity contribution is 5.80. The minimum Gasteiger partial charge on any atom is -0.463 e. The van der Waals surface area contributed by atoms with Crippen LogP contribution in [0.3, 0.4) is 0 Å². The summed E-state index contributed by atoms with van der Waals surface area (Å²) < 4.78 is 17.6. The van der Waals surface area contributed by atoms with Crippen molar-refractivity contribution in [2.75, 3.05) is 19.7 Å². The van der Waals surface area contributed by atoms with Crippen molar-refractivity contribution in [2.45, 2.75) is 69.8 Å². The van der Waals surface area contributed by atoms with Crippen LogP contribution in [0.1, 0.15) is 46.5 Å². The van der Waals surface area contributed by atoms with E-state index >= 15 is 0 Å². The molecule has 0 unspecified atom stereocenters. The zero-order valence-corrected chi connectivity index (χ0v) is 14.7. The Labute approximate surface area is 142 Å². The molecule has 4 aliphatic heterocycles. The van der Waals surface area contributed by atoms with E-state index in [9.17, 15) is 9.59 Å². The molecule has 0 saturated carbocycles. The lowest BCUT2D eigenvalue weighted by molar-refractivity contribution is -0.187. The zero-order chi connectivity index (χ0) is 17.1. The van der Waals surface area contributed by atoms with Crippen molar-refractivity contribution in [3.63, 3.8) is 0 Å². The van der Waals surface area contributed by atoms with Crippen molar-refractivity contribution < 1.29 is 23.8 Å². The van der Waals surface area contributed by atoms with E-state index in [1.165, 1.54) is 0 Å². The molecule has 0 aromatic rings. The Hall–Kier alpha value is -1.14. The molecule has 0 spiro atoms. The second kappa shape index (κ2) is 5.43. The van der Waals surface area contributed by atoms with Gasteiger partial charge >= 0.3 is 11.9 Å². The molecular weight excluding hydrogens is 310 g/mol. The fourth-order valence-corrected chi connectivity index (χ4v) is 5.21. The lowest BCUT2D eigenvalue weighted by Gasteiger charge is -2.32. The third-order valence-electron chi connectivity index (χ3n) is 6.55. The fraction of sp³-hybridized carbons (Fsp3) is 0.889. The summed E-state index contributed by atoms with van der Waals surface area (Å²) in [7, 11) is 0. The second-order valence-corrected chi connectivity index (χ2v) is 8.43. The van der Waals surface area contributed by atoms with E-state index in [1.54, 1.807) is 6.92 Å². The van der Waals surface area contributed by atoms with Gasteiger partial charge in [0.05, 0.1) is 24.7 Å². The van der Waals surface area contributed by atoms with Gasteiger partial charge in [-0.3, -0.25) is 9.69 Å². The molecule has 4 aliphatic rings. The third-order valence-corrected chi connectivity index (χ3v) is 6.55. The number of cyclic esters (lactones) is 1. The van der Waals surface area contributed by atoms with Crippen LogP contribution in [0.5, 0.6) is 0 Å². The van der Waals surface area contributed by atoms with Crippen molar-refractivity contribution in [1.82, 2.24) is 4.90 Å². The molecule has 4 saturated heterocycles. The molecule has 6 nitrogen and oxygen atoms in total. The number of nitrogens with zero attached hydrogens (tertiary/aromatic N) is 1. The second-order valence-electron chi connectivity index (χ2n) is 8.43. The molecule has 0 aliphatic carbocycles. The normalized spacial score (nSPS) is 49.1. The standard InChI is InChI=1S/C18H27NO5/c1-11-8-17(2)9-14(20)23-13-5-7-19-6-4-12(15(13)19)10-22-16(21)18(11,3)24-17/h11-13,15H,4-10H2,1-3H3/t11-,12+,13+,15+,17-,18-/m0/s1. The smallest absolute Gasteiger partial charge is 0.338 e. The highest BCUT2D eigenvalue weighted by Crippen LogP contribution is 2.46. The molecular formula is C18H27NO5. The van der Waals surface area contributed by atoms with Crippen molar-refractivity contribution in [3.05, 3.63) is 0 Å². The summed E-state index contributed by atoms with van der Waals surface area (Å²) in [5, 5.41) is 0. The average Bonchev–Trinajstić information content (AvgIpc) is 3.11. The van der Waals surface area contributed by atoms with Crippen molar-refractivity contribution >= 4 is 11.9 Å². The summed E-state index contributed by atoms with van der Waals surface area (Å²) in [6.07, 6.45) is 2.60. The first-order valence-corrected chi connectivity index (χ1v) is 9.12. The lowest BCUT2D eigenvalue weighted by atomic mass is 9.86. The monoisotopic (exact) mass is 337 g/mol. The maximum atomic E-state index is 12.7. The molecule has 2 bridgehead atoms. The summed E-state index contributed by atoms with van der Waals surface area (Å²) in [6.45, 7) is 8.01. The predicted octanol–water partition coefficient (Wildman–Crippen LogP) is 1.51. The Balaban J connectivity index is 1.63. The van der Waals surface area contributed by atoms with Crippen LogP contribution in [0, 0.1) is 11.8 Å². The Morgan fingerprint density at radius 1 is 1.17 bits per heavy atom. The number of hydrogen-bond donors (Lipinski definition) is 0. The number of carbonyl (C=O) groups is 2. The van der Waals surface area contributed by atoms with Crippen molar-refractivity contribution in [2.24, 2.45) is 11.8 Å². The van der Waals surface area contributed by atoms with E-state index in [0.29, 0.717) is 13.0 Å². The Bertz CT molecular complexity index is 566.